The second-order valence-electron chi connectivity index (χ2n) is 3.78. The number of benzene rings is 1. The van der Waals surface area contributed by atoms with Gasteiger partial charge in [0.25, 0.3) is 0 Å². The van der Waals surface area contributed by atoms with Gasteiger partial charge in [-0.25, -0.2) is 9.37 Å². The minimum absolute atomic E-state index is 0.0185. The van der Waals surface area contributed by atoms with E-state index in [0.29, 0.717) is 10.4 Å². The van der Waals surface area contributed by atoms with Gasteiger partial charge in [0, 0.05) is 12.6 Å². The Hall–Kier alpha value is -1.75. The highest BCUT2D eigenvalue weighted by Gasteiger charge is 2.15. The minimum Gasteiger partial charge on any atom is -0.494 e. The molecule has 0 unspecified atom stereocenters. The lowest BCUT2D eigenvalue weighted by Gasteiger charge is -2.05. The van der Waals surface area contributed by atoms with Crippen LogP contribution in [-0.2, 0) is 6.42 Å². The molecular weight excluding hydrogens is 253 g/mol. The van der Waals surface area contributed by atoms with Crippen molar-refractivity contribution in [3.05, 3.63) is 45.7 Å². The van der Waals surface area contributed by atoms with Gasteiger partial charge in [0.2, 0.25) is 0 Å². The molecule has 1 aromatic carbocycles. The highest BCUT2D eigenvalue weighted by Crippen LogP contribution is 2.22. The Morgan fingerprint density at radius 3 is 2.89 bits per heavy atom. The van der Waals surface area contributed by atoms with Gasteiger partial charge in [-0.05, 0) is 18.6 Å². The van der Waals surface area contributed by atoms with Crippen molar-refractivity contribution in [2.75, 3.05) is 7.11 Å². The topological polar surface area (TPSA) is 39.2 Å². The number of carbonyl (C=O) groups is 1. The minimum atomic E-state index is -0.477. The Labute approximate surface area is 108 Å². The second kappa shape index (κ2) is 5.27. The first-order chi connectivity index (χ1) is 8.61. The van der Waals surface area contributed by atoms with E-state index in [1.54, 1.807) is 12.1 Å². The molecule has 18 heavy (non-hydrogen) atoms. The van der Waals surface area contributed by atoms with Crippen molar-refractivity contribution >= 4 is 17.1 Å². The van der Waals surface area contributed by atoms with E-state index in [0.717, 1.165) is 5.01 Å². The van der Waals surface area contributed by atoms with Gasteiger partial charge in [-0.2, -0.15) is 0 Å². The van der Waals surface area contributed by atoms with Crippen LogP contribution in [0, 0.1) is 12.7 Å². The van der Waals surface area contributed by atoms with Crippen LogP contribution in [-0.4, -0.2) is 17.9 Å². The van der Waals surface area contributed by atoms with Crippen LogP contribution < -0.4 is 4.74 Å². The molecule has 0 bridgehead atoms. The highest BCUT2D eigenvalue weighted by atomic mass is 32.1. The van der Waals surface area contributed by atoms with Gasteiger partial charge in [-0.1, -0.05) is 12.1 Å². The van der Waals surface area contributed by atoms with E-state index in [2.05, 4.69) is 4.98 Å². The maximum absolute atomic E-state index is 13.9. The third kappa shape index (κ3) is 2.56. The van der Waals surface area contributed by atoms with Crippen molar-refractivity contribution in [3.8, 4) is 5.75 Å². The van der Waals surface area contributed by atoms with Crippen molar-refractivity contribution < 1.29 is 13.9 Å². The van der Waals surface area contributed by atoms with Gasteiger partial charge < -0.3 is 4.74 Å². The Morgan fingerprint density at radius 1 is 1.50 bits per heavy atom. The SMILES string of the molecule is COc1cccc(CC(=O)c2cnc(C)s2)c1F. The average Bonchev–Trinajstić information content (AvgIpc) is 2.78. The summed E-state index contributed by atoms with van der Waals surface area (Å²) in [5.74, 6) is -0.455. The van der Waals surface area contributed by atoms with E-state index in [-0.39, 0.29) is 18.0 Å². The molecule has 0 radical (unpaired) electrons. The zero-order valence-corrected chi connectivity index (χ0v) is 10.9. The van der Waals surface area contributed by atoms with E-state index in [9.17, 15) is 9.18 Å². The van der Waals surface area contributed by atoms with Crippen molar-refractivity contribution in [1.29, 1.82) is 0 Å². The first-order valence-corrected chi connectivity index (χ1v) is 6.20. The molecule has 0 spiro atoms. The number of hydrogen-bond donors (Lipinski definition) is 0. The summed E-state index contributed by atoms with van der Waals surface area (Å²) < 4.78 is 18.7. The number of aromatic nitrogens is 1. The number of thiazole rings is 1. The molecule has 0 amide bonds. The number of Topliss-reactive ketones (excluding diaryl/α,β-unsaturated/α-hetero) is 1. The summed E-state index contributed by atoms with van der Waals surface area (Å²) in [6, 6.07) is 4.78. The van der Waals surface area contributed by atoms with Gasteiger partial charge in [-0.15, -0.1) is 11.3 Å². The summed E-state index contributed by atoms with van der Waals surface area (Å²) in [7, 11) is 1.40. The molecule has 0 aliphatic rings. The number of methoxy groups -OCH3 is 1. The molecule has 0 aliphatic carbocycles. The van der Waals surface area contributed by atoms with Gasteiger partial charge >= 0.3 is 0 Å². The molecule has 0 aliphatic heterocycles. The number of rotatable bonds is 4. The molecule has 2 rings (SSSR count). The molecule has 0 saturated carbocycles. The lowest BCUT2D eigenvalue weighted by atomic mass is 10.1. The Morgan fingerprint density at radius 2 is 2.28 bits per heavy atom. The number of carbonyl (C=O) groups excluding carboxylic acids is 1. The van der Waals surface area contributed by atoms with Gasteiger partial charge in [0.05, 0.1) is 17.0 Å². The van der Waals surface area contributed by atoms with Crippen LogP contribution in [0.4, 0.5) is 4.39 Å². The smallest absolute Gasteiger partial charge is 0.178 e. The molecule has 1 heterocycles. The fourth-order valence-corrected chi connectivity index (χ4v) is 2.32. The standard InChI is InChI=1S/C13H12FNO2S/c1-8-15-7-12(18-8)10(16)6-9-4-3-5-11(17-2)13(9)14/h3-5,7H,6H2,1-2H3. The normalized spacial score (nSPS) is 10.4. The third-order valence-corrected chi connectivity index (χ3v) is 3.46. The number of ether oxygens (including phenoxy) is 1. The predicted molar refractivity (Wildman–Crippen MR) is 67.8 cm³/mol. The van der Waals surface area contributed by atoms with Gasteiger partial charge in [0.1, 0.15) is 0 Å². The zero-order valence-electron chi connectivity index (χ0n) is 10.1. The van der Waals surface area contributed by atoms with Crippen molar-refractivity contribution in [1.82, 2.24) is 4.98 Å². The van der Waals surface area contributed by atoms with Crippen LogP contribution in [0.25, 0.3) is 0 Å². The van der Waals surface area contributed by atoms with Crippen LogP contribution in [0.15, 0.2) is 24.4 Å². The van der Waals surface area contributed by atoms with E-state index in [4.69, 9.17) is 4.74 Å². The number of hydrogen-bond acceptors (Lipinski definition) is 4. The van der Waals surface area contributed by atoms with Crippen LogP contribution in [0.1, 0.15) is 20.2 Å². The van der Waals surface area contributed by atoms with E-state index in [1.807, 2.05) is 6.92 Å². The van der Waals surface area contributed by atoms with Gasteiger partial charge in [0.15, 0.2) is 17.3 Å². The molecule has 5 heteroatoms. The van der Waals surface area contributed by atoms with E-state index >= 15 is 0 Å². The Balaban J connectivity index is 2.22. The summed E-state index contributed by atoms with van der Waals surface area (Å²) >= 11 is 1.32. The maximum atomic E-state index is 13.9. The molecule has 0 atom stereocenters. The van der Waals surface area contributed by atoms with E-state index < -0.39 is 5.82 Å². The molecule has 1 aromatic heterocycles. The predicted octanol–water partition coefficient (Wildman–Crippen LogP) is 3.02. The quantitative estimate of drug-likeness (QED) is 0.798. The largest absolute Gasteiger partial charge is 0.494 e. The summed E-state index contributed by atoms with van der Waals surface area (Å²) in [4.78, 5) is 16.5. The average molecular weight is 265 g/mol. The van der Waals surface area contributed by atoms with Crippen LogP contribution in [0.5, 0.6) is 5.75 Å². The van der Waals surface area contributed by atoms with Crippen molar-refractivity contribution in [3.63, 3.8) is 0 Å². The maximum Gasteiger partial charge on any atom is 0.178 e. The van der Waals surface area contributed by atoms with Gasteiger partial charge in [-0.3, -0.25) is 4.79 Å². The first-order valence-electron chi connectivity index (χ1n) is 5.39. The van der Waals surface area contributed by atoms with Crippen LogP contribution >= 0.6 is 11.3 Å². The number of aryl methyl sites for hydroxylation is 1. The summed E-state index contributed by atoms with van der Waals surface area (Å²) in [5.41, 5.74) is 0.338. The first kappa shape index (κ1) is 12.7. The summed E-state index contributed by atoms with van der Waals surface area (Å²) in [6.45, 7) is 1.83. The molecule has 3 nitrogen and oxygen atoms in total. The molecule has 0 N–H and O–H groups in total. The van der Waals surface area contributed by atoms with Crippen molar-refractivity contribution in [2.24, 2.45) is 0 Å². The molecule has 0 saturated heterocycles. The molecule has 0 fully saturated rings. The Bertz CT molecular complexity index is 580. The highest BCUT2D eigenvalue weighted by molar-refractivity contribution is 7.13. The second-order valence-corrected chi connectivity index (χ2v) is 5.01. The number of ketones is 1. The zero-order chi connectivity index (χ0) is 13.1. The monoisotopic (exact) mass is 265 g/mol. The summed E-state index contributed by atoms with van der Waals surface area (Å²) in [6.07, 6.45) is 1.55. The molecule has 94 valence electrons. The lowest BCUT2D eigenvalue weighted by molar-refractivity contribution is 0.0995. The lowest BCUT2D eigenvalue weighted by Crippen LogP contribution is -2.04. The third-order valence-electron chi connectivity index (χ3n) is 2.51. The molecule has 2 aromatic rings. The summed E-state index contributed by atoms with van der Waals surface area (Å²) in [5, 5.41) is 0.824. The van der Waals surface area contributed by atoms with Crippen molar-refractivity contribution in [2.45, 2.75) is 13.3 Å². The fourth-order valence-electron chi connectivity index (χ4n) is 1.60. The van der Waals surface area contributed by atoms with Crippen LogP contribution in [0.3, 0.4) is 0 Å². The Kier molecular flexibility index (Phi) is 3.72. The van der Waals surface area contributed by atoms with Crippen LogP contribution in [0.2, 0.25) is 0 Å². The molecular formula is C13H12FNO2S. The fraction of sp³-hybridized carbons (Fsp3) is 0.231. The number of halogens is 1. The van der Waals surface area contributed by atoms with E-state index in [1.165, 1.54) is 30.7 Å². The number of nitrogens with zero attached hydrogens (tertiary/aromatic N) is 1.